The Labute approximate surface area is 41.8 Å². The normalized spacial score (nSPS) is 7.86. The summed E-state index contributed by atoms with van der Waals surface area (Å²) in [5, 5.41) is 0. The SMILES string of the molecule is C#C[n+]1cc[nH]c1. The summed E-state index contributed by atoms with van der Waals surface area (Å²) in [7, 11) is 0. The van der Waals surface area contributed by atoms with Crippen LogP contribution in [0.5, 0.6) is 0 Å². The van der Waals surface area contributed by atoms with Gasteiger partial charge in [-0.1, -0.05) is 6.42 Å². The van der Waals surface area contributed by atoms with Gasteiger partial charge in [-0.15, -0.1) is 0 Å². The molecule has 34 valence electrons. The zero-order valence-corrected chi connectivity index (χ0v) is 3.76. The summed E-state index contributed by atoms with van der Waals surface area (Å²) >= 11 is 0. The van der Waals surface area contributed by atoms with Crippen LogP contribution in [0.25, 0.3) is 0 Å². The molecule has 1 aromatic rings. The van der Waals surface area contributed by atoms with Gasteiger partial charge in [-0.3, -0.25) is 0 Å². The fraction of sp³-hybridized carbons (Fsp3) is 0. The molecule has 0 saturated carbocycles. The minimum atomic E-state index is 1.60. The summed E-state index contributed by atoms with van der Waals surface area (Å²) in [5.74, 6) is 0. The Kier molecular flexibility index (Phi) is 0.833. The average molecular weight is 93.1 g/mol. The van der Waals surface area contributed by atoms with Crippen LogP contribution in [0, 0.1) is 12.5 Å². The molecule has 0 amide bonds. The largest absolute Gasteiger partial charge is 0.255 e. The van der Waals surface area contributed by atoms with Crippen molar-refractivity contribution in [2.75, 3.05) is 0 Å². The predicted molar refractivity (Wildman–Crippen MR) is 25.2 cm³/mol. The summed E-state index contributed by atoms with van der Waals surface area (Å²) in [6.07, 6.45) is 10.2. The molecule has 1 rings (SSSR count). The topological polar surface area (TPSA) is 19.7 Å². The maximum Gasteiger partial charge on any atom is 0.255 e. The lowest BCUT2D eigenvalue weighted by Gasteiger charge is -1.65. The van der Waals surface area contributed by atoms with E-state index in [4.69, 9.17) is 6.42 Å². The Hall–Kier alpha value is -1.23. The summed E-state index contributed by atoms with van der Waals surface area (Å²) in [4.78, 5) is 2.80. The minimum absolute atomic E-state index is 1.60. The Bertz CT molecular complexity index is 168. The molecule has 0 fully saturated rings. The van der Waals surface area contributed by atoms with E-state index in [1.807, 2.05) is 0 Å². The highest BCUT2D eigenvalue weighted by atomic mass is 15.0. The standard InChI is InChI=1S/C5H4N2/c1-2-7-4-3-6-5-7/h1,3-5H/p+1. The number of rotatable bonds is 0. The zero-order chi connectivity index (χ0) is 5.11. The lowest BCUT2D eigenvalue weighted by molar-refractivity contribution is -0.581. The maximum absolute atomic E-state index is 4.99. The monoisotopic (exact) mass is 93.0 g/mol. The number of nitrogens with one attached hydrogen (secondary N) is 1. The third kappa shape index (κ3) is 0.606. The molecule has 1 heterocycles. The Morgan fingerprint density at radius 3 is 2.86 bits per heavy atom. The Balaban J connectivity index is 3.04. The summed E-state index contributed by atoms with van der Waals surface area (Å²) in [5.41, 5.74) is 0. The van der Waals surface area contributed by atoms with Crippen molar-refractivity contribution in [3.63, 3.8) is 0 Å². The first-order valence-electron chi connectivity index (χ1n) is 1.94. The fourth-order valence-electron chi connectivity index (χ4n) is 0.370. The molecule has 0 aliphatic rings. The maximum atomic E-state index is 4.99. The van der Waals surface area contributed by atoms with Crippen molar-refractivity contribution in [3.05, 3.63) is 18.7 Å². The van der Waals surface area contributed by atoms with E-state index in [-0.39, 0.29) is 0 Å². The molecular formula is C5H5N2+. The smallest absolute Gasteiger partial charge is 0.249 e. The van der Waals surface area contributed by atoms with Crippen LogP contribution in [-0.2, 0) is 0 Å². The highest BCUT2D eigenvalue weighted by Crippen LogP contribution is 1.61. The van der Waals surface area contributed by atoms with E-state index in [1.165, 1.54) is 0 Å². The molecule has 2 heteroatoms. The first kappa shape index (κ1) is 3.94. The van der Waals surface area contributed by atoms with Gasteiger partial charge in [-0.2, -0.15) is 4.57 Å². The van der Waals surface area contributed by atoms with E-state index in [1.54, 1.807) is 23.3 Å². The van der Waals surface area contributed by atoms with Gasteiger partial charge in [0.2, 0.25) is 0 Å². The van der Waals surface area contributed by atoms with E-state index in [2.05, 4.69) is 11.0 Å². The molecule has 0 radical (unpaired) electrons. The van der Waals surface area contributed by atoms with Crippen molar-refractivity contribution in [3.8, 4) is 12.5 Å². The lowest BCUT2D eigenvalue weighted by atomic mass is 10.9. The second-order valence-corrected chi connectivity index (χ2v) is 1.15. The van der Waals surface area contributed by atoms with Gasteiger partial charge in [-0.25, -0.2) is 4.98 Å². The zero-order valence-electron chi connectivity index (χ0n) is 3.76. The van der Waals surface area contributed by atoms with Gasteiger partial charge >= 0.3 is 0 Å². The second kappa shape index (κ2) is 1.48. The van der Waals surface area contributed by atoms with Crippen molar-refractivity contribution in [1.82, 2.24) is 4.98 Å². The molecular weight excluding hydrogens is 88.1 g/mol. The number of aromatic nitrogens is 2. The number of nitrogens with zero attached hydrogens (tertiary/aromatic N) is 1. The minimum Gasteiger partial charge on any atom is -0.249 e. The van der Waals surface area contributed by atoms with Crippen LogP contribution in [0.4, 0.5) is 0 Å². The third-order valence-electron chi connectivity index (χ3n) is 0.694. The quantitative estimate of drug-likeness (QED) is 0.337. The molecule has 1 N–H and O–H groups in total. The second-order valence-electron chi connectivity index (χ2n) is 1.15. The molecule has 0 aromatic carbocycles. The van der Waals surface area contributed by atoms with Crippen LogP contribution < -0.4 is 4.57 Å². The molecule has 2 nitrogen and oxygen atoms in total. The highest BCUT2D eigenvalue weighted by Gasteiger charge is 1.83. The van der Waals surface area contributed by atoms with Crippen LogP contribution >= 0.6 is 0 Å². The van der Waals surface area contributed by atoms with E-state index < -0.39 is 0 Å². The predicted octanol–water partition coefficient (Wildman–Crippen LogP) is -0.259. The third-order valence-corrected chi connectivity index (χ3v) is 0.694. The van der Waals surface area contributed by atoms with Gasteiger partial charge in [0, 0.05) is 0 Å². The average Bonchev–Trinajstić information content (AvgIpc) is 2.14. The van der Waals surface area contributed by atoms with Crippen molar-refractivity contribution in [2.24, 2.45) is 0 Å². The summed E-state index contributed by atoms with van der Waals surface area (Å²) in [6, 6.07) is 2.39. The van der Waals surface area contributed by atoms with Gasteiger partial charge in [0.05, 0.1) is 0 Å². The number of hydrogen-bond donors (Lipinski definition) is 1. The van der Waals surface area contributed by atoms with Crippen molar-refractivity contribution in [2.45, 2.75) is 0 Å². The molecule has 0 spiro atoms. The molecule has 1 aromatic heterocycles. The molecule has 0 aliphatic carbocycles. The highest BCUT2D eigenvalue weighted by molar-refractivity contribution is 4.69. The number of imidazole rings is 1. The van der Waals surface area contributed by atoms with Crippen LogP contribution in [-0.4, -0.2) is 4.98 Å². The molecule has 7 heavy (non-hydrogen) atoms. The van der Waals surface area contributed by atoms with Gasteiger partial charge in [-0.05, 0) is 0 Å². The van der Waals surface area contributed by atoms with Crippen LogP contribution in [0.1, 0.15) is 0 Å². The molecule has 0 bridgehead atoms. The van der Waals surface area contributed by atoms with E-state index >= 15 is 0 Å². The number of H-pyrrole nitrogens is 1. The van der Waals surface area contributed by atoms with E-state index in [0.29, 0.717) is 0 Å². The summed E-state index contributed by atoms with van der Waals surface area (Å²) in [6.45, 7) is 0. The van der Waals surface area contributed by atoms with Crippen LogP contribution in [0.3, 0.4) is 0 Å². The summed E-state index contributed by atoms with van der Waals surface area (Å²) < 4.78 is 1.60. The van der Waals surface area contributed by atoms with Gasteiger partial charge in [0.1, 0.15) is 18.4 Å². The van der Waals surface area contributed by atoms with Gasteiger partial charge in [0.25, 0.3) is 6.33 Å². The molecule has 0 saturated heterocycles. The van der Waals surface area contributed by atoms with Gasteiger partial charge < -0.3 is 0 Å². The first-order valence-corrected chi connectivity index (χ1v) is 1.94. The Morgan fingerprint density at radius 2 is 2.57 bits per heavy atom. The first-order chi connectivity index (χ1) is 3.43. The number of terminal acetylenes is 1. The Morgan fingerprint density at radius 1 is 1.71 bits per heavy atom. The van der Waals surface area contributed by atoms with Crippen LogP contribution in [0.15, 0.2) is 18.7 Å². The van der Waals surface area contributed by atoms with E-state index in [9.17, 15) is 0 Å². The van der Waals surface area contributed by atoms with Crippen molar-refractivity contribution >= 4 is 0 Å². The van der Waals surface area contributed by atoms with Gasteiger partial charge in [0.15, 0.2) is 0 Å². The lowest BCUT2D eigenvalue weighted by Crippen LogP contribution is -2.22. The van der Waals surface area contributed by atoms with Crippen molar-refractivity contribution in [1.29, 1.82) is 0 Å². The number of aromatic amines is 1. The van der Waals surface area contributed by atoms with Crippen LogP contribution in [0.2, 0.25) is 0 Å². The fourth-order valence-corrected chi connectivity index (χ4v) is 0.370. The molecule has 0 atom stereocenters. The van der Waals surface area contributed by atoms with E-state index in [0.717, 1.165) is 0 Å². The molecule has 0 unspecified atom stereocenters. The van der Waals surface area contributed by atoms with Crippen molar-refractivity contribution < 1.29 is 4.57 Å². The number of hydrogen-bond acceptors (Lipinski definition) is 0. The molecule has 0 aliphatic heterocycles.